The van der Waals surface area contributed by atoms with Crippen LogP contribution < -0.4 is 4.74 Å². The Labute approximate surface area is 100 Å². The van der Waals surface area contributed by atoms with Crippen LogP contribution >= 0.6 is 0 Å². The molecule has 1 aromatic heterocycles. The SMILES string of the molecule is CC(=O)c1cccc(Oc2ccc(C)nc2)c1. The van der Waals surface area contributed by atoms with E-state index < -0.39 is 0 Å². The van der Waals surface area contributed by atoms with Gasteiger partial charge in [0.25, 0.3) is 0 Å². The zero-order chi connectivity index (χ0) is 12.3. The lowest BCUT2D eigenvalue weighted by Crippen LogP contribution is -1.93. The molecule has 0 fully saturated rings. The Morgan fingerprint density at radius 1 is 1.18 bits per heavy atom. The molecular weight excluding hydrogens is 214 g/mol. The topological polar surface area (TPSA) is 39.2 Å². The largest absolute Gasteiger partial charge is 0.456 e. The second-order valence-electron chi connectivity index (χ2n) is 3.82. The second kappa shape index (κ2) is 4.78. The molecule has 17 heavy (non-hydrogen) atoms. The first-order valence-corrected chi connectivity index (χ1v) is 5.36. The Morgan fingerprint density at radius 3 is 2.65 bits per heavy atom. The van der Waals surface area contributed by atoms with Gasteiger partial charge in [0.05, 0.1) is 6.20 Å². The van der Waals surface area contributed by atoms with Gasteiger partial charge in [-0.05, 0) is 38.1 Å². The van der Waals surface area contributed by atoms with Gasteiger partial charge < -0.3 is 4.74 Å². The first-order chi connectivity index (χ1) is 8.15. The first-order valence-electron chi connectivity index (χ1n) is 5.36. The lowest BCUT2D eigenvalue weighted by molar-refractivity contribution is 0.101. The van der Waals surface area contributed by atoms with Crippen LogP contribution in [0, 0.1) is 6.92 Å². The van der Waals surface area contributed by atoms with Crippen molar-refractivity contribution < 1.29 is 9.53 Å². The van der Waals surface area contributed by atoms with Gasteiger partial charge in [-0.25, -0.2) is 0 Å². The molecule has 0 saturated heterocycles. The molecule has 86 valence electrons. The van der Waals surface area contributed by atoms with E-state index >= 15 is 0 Å². The minimum absolute atomic E-state index is 0.0254. The van der Waals surface area contributed by atoms with Gasteiger partial charge in [0.15, 0.2) is 5.78 Å². The summed E-state index contributed by atoms with van der Waals surface area (Å²) in [5.41, 5.74) is 1.58. The molecular formula is C14H13NO2. The molecule has 0 aliphatic carbocycles. The van der Waals surface area contributed by atoms with Crippen LogP contribution in [0.3, 0.4) is 0 Å². The van der Waals surface area contributed by atoms with Crippen LogP contribution in [0.25, 0.3) is 0 Å². The number of pyridine rings is 1. The number of ketones is 1. The van der Waals surface area contributed by atoms with E-state index in [0.717, 1.165) is 5.69 Å². The van der Waals surface area contributed by atoms with Crippen LogP contribution in [0.5, 0.6) is 11.5 Å². The number of hydrogen-bond acceptors (Lipinski definition) is 3. The quantitative estimate of drug-likeness (QED) is 0.754. The molecule has 0 saturated carbocycles. The number of ether oxygens (including phenoxy) is 1. The Bertz CT molecular complexity index is 532. The van der Waals surface area contributed by atoms with Crippen LogP contribution in [0.2, 0.25) is 0 Å². The number of aryl methyl sites for hydroxylation is 1. The van der Waals surface area contributed by atoms with Gasteiger partial charge in [0.2, 0.25) is 0 Å². The van der Waals surface area contributed by atoms with Crippen molar-refractivity contribution in [2.45, 2.75) is 13.8 Å². The minimum atomic E-state index is 0.0254. The van der Waals surface area contributed by atoms with Gasteiger partial charge in [-0.15, -0.1) is 0 Å². The zero-order valence-corrected chi connectivity index (χ0v) is 9.81. The third-order valence-electron chi connectivity index (χ3n) is 2.36. The van der Waals surface area contributed by atoms with Crippen molar-refractivity contribution in [1.82, 2.24) is 4.98 Å². The molecule has 1 heterocycles. The Morgan fingerprint density at radius 2 is 2.00 bits per heavy atom. The summed E-state index contributed by atoms with van der Waals surface area (Å²) in [6.45, 7) is 3.45. The fraction of sp³-hybridized carbons (Fsp3) is 0.143. The number of hydrogen-bond donors (Lipinski definition) is 0. The average molecular weight is 227 g/mol. The Hall–Kier alpha value is -2.16. The lowest BCUT2D eigenvalue weighted by atomic mass is 10.1. The Balaban J connectivity index is 2.21. The maximum absolute atomic E-state index is 11.2. The average Bonchev–Trinajstić information content (AvgIpc) is 2.32. The minimum Gasteiger partial charge on any atom is -0.456 e. The van der Waals surface area contributed by atoms with Crippen LogP contribution in [0.1, 0.15) is 23.0 Å². The fourth-order valence-corrected chi connectivity index (χ4v) is 1.43. The van der Waals surface area contributed by atoms with Crippen molar-refractivity contribution in [2.75, 3.05) is 0 Å². The number of benzene rings is 1. The smallest absolute Gasteiger partial charge is 0.159 e. The van der Waals surface area contributed by atoms with E-state index in [1.54, 1.807) is 24.4 Å². The first kappa shape index (κ1) is 11.3. The zero-order valence-electron chi connectivity index (χ0n) is 9.81. The standard InChI is InChI=1S/C14H13NO2/c1-10-6-7-14(9-15-10)17-13-5-3-4-12(8-13)11(2)16/h3-9H,1-2H3. The Kier molecular flexibility index (Phi) is 3.19. The van der Waals surface area contributed by atoms with E-state index in [1.165, 1.54) is 6.92 Å². The molecule has 0 radical (unpaired) electrons. The van der Waals surface area contributed by atoms with Crippen LogP contribution in [-0.2, 0) is 0 Å². The fourth-order valence-electron chi connectivity index (χ4n) is 1.43. The van der Waals surface area contributed by atoms with E-state index in [9.17, 15) is 4.79 Å². The third-order valence-corrected chi connectivity index (χ3v) is 2.36. The summed E-state index contributed by atoms with van der Waals surface area (Å²) in [5.74, 6) is 1.33. The van der Waals surface area contributed by atoms with E-state index in [0.29, 0.717) is 17.1 Å². The van der Waals surface area contributed by atoms with Crippen LogP contribution in [-0.4, -0.2) is 10.8 Å². The van der Waals surface area contributed by atoms with Gasteiger partial charge >= 0.3 is 0 Å². The third kappa shape index (κ3) is 2.91. The number of carbonyl (C=O) groups excluding carboxylic acids is 1. The summed E-state index contributed by atoms with van der Waals surface area (Å²) in [5, 5.41) is 0. The summed E-state index contributed by atoms with van der Waals surface area (Å²) < 4.78 is 5.61. The molecule has 3 nitrogen and oxygen atoms in total. The molecule has 0 spiro atoms. The predicted molar refractivity (Wildman–Crippen MR) is 65.5 cm³/mol. The molecule has 0 aliphatic rings. The summed E-state index contributed by atoms with van der Waals surface area (Å²) in [4.78, 5) is 15.4. The van der Waals surface area contributed by atoms with Gasteiger partial charge in [0.1, 0.15) is 11.5 Å². The number of rotatable bonds is 3. The maximum atomic E-state index is 11.2. The van der Waals surface area contributed by atoms with Gasteiger partial charge in [-0.2, -0.15) is 0 Å². The van der Waals surface area contributed by atoms with Crippen molar-refractivity contribution in [2.24, 2.45) is 0 Å². The van der Waals surface area contributed by atoms with Gasteiger partial charge in [0, 0.05) is 11.3 Å². The summed E-state index contributed by atoms with van der Waals surface area (Å²) >= 11 is 0. The summed E-state index contributed by atoms with van der Waals surface area (Å²) in [6.07, 6.45) is 1.66. The van der Waals surface area contributed by atoms with Gasteiger partial charge in [-0.1, -0.05) is 12.1 Å². The van der Waals surface area contributed by atoms with Crippen molar-refractivity contribution in [3.05, 3.63) is 53.9 Å². The van der Waals surface area contributed by atoms with Crippen LogP contribution in [0.4, 0.5) is 0 Å². The number of carbonyl (C=O) groups is 1. The van der Waals surface area contributed by atoms with E-state index in [-0.39, 0.29) is 5.78 Å². The van der Waals surface area contributed by atoms with E-state index in [1.807, 2.05) is 25.1 Å². The highest BCUT2D eigenvalue weighted by Gasteiger charge is 2.02. The van der Waals surface area contributed by atoms with Crippen LogP contribution in [0.15, 0.2) is 42.6 Å². The monoisotopic (exact) mass is 227 g/mol. The number of aromatic nitrogens is 1. The highest BCUT2D eigenvalue weighted by Crippen LogP contribution is 2.21. The molecule has 0 bridgehead atoms. The van der Waals surface area contributed by atoms with Gasteiger partial charge in [-0.3, -0.25) is 9.78 Å². The molecule has 0 N–H and O–H groups in total. The second-order valence-corrected chi connectivity index (χ2v) is 3.82. The lowest BCUT2D eigenvalue weighted by Gasteiger charge is -2.06. The predicted octanol–water partition coefficient (Wildman–Crippen LogP) is 3.38. The number of Topliss-reactive ketones (excluding diaryl/α,β-unsaturated/α-hetero) is 1. The molecule has 1 aromatic carbocycles. The molecule has 0 unspecified atom stereocenters. The van der Waals surface area contributed by atoms with Crippen molar-refractivity contribution >= 4 is 5.78 Å². The van der Waals surface area contributed by atoms with Crippen molar-refractivity contribution in [1.29, 1.82) is 0 Å². The number of nitrogens with zero attached hydrogens (tertiary/aromatic N) is 1. The molecule has 0 amide bonds. The highest BCUT2D eigenvalue weighted by atomic mass is 16.5. The van der Waals surface area contributed by atoms with E-state index in [4.69, 9.17) is 4.74 Å². The molecule has 0 atom stereocenters. The van der Waals surface area contributed by atoms with Crippen molar-refractivity contribution in [3.8, 4) is 11.5 Å². The summed E-state index contributed by atoms with van der Waals surface area (Å²) in [7, 11) is 0. The molecule has 3 heteroatoms. The highest BCUT2D eigenvalue weighted by molar-refractivity contribution is 5.94. The maximum Gasteiger partial charge on any atom is 0.159 e. The molecule has 0 aliphatic heterocycles. The van der Waals surface area contributed by atoms with Crippen molar-refractivity contribution in [3.63, 3.8) is 0 Å². The normalized spacial score (nSPS) is 10.0. The molecule has 2 aromatic rings. The summed E-state index contributed by atoms with van der Waals surface area (Å²) in [6, 6.07) is 10.8. The molecule has 2 rings (SSSR count). The van der Waals surface area contributed by atoms with E-state index in [2.05, 4.69) is 4.98 Å².